The molecule has 0 fully saturated rings. The van der Waals surface area contributed by atoms with Crippen LogP contribution in [0.4, 0.5) is 5.82 Å². The Hall–Kier alpha value is -1.64. The fraction of sp³-hybridized carbons (Fsp3) is 0.500. The summed E-state index contributed by atoms with van der Waals surface area (Å²) in [6.07, 6.45) is 7.76. The van der Waals surface area contributed by atoms with Crippen molar-refractivity contribution in [3.8, 4) is 0 Å². The van der Waals surface area contributed by atoms with Crippen molar-refractivity contribution in [2.75, 3.05) is 5.32 Å². The Balaban J connectivity index is 2.18. The van der Waals surface area contributed by atoms with Crippen LogP contribution in [0, 0.1) is 0 Å². The highest BCUT2D eigenvalue weighted by Crippen LogP contribution is 2.21. The van der Waals surface area contributed by atoms with Crippen LogP contribution in [0.2, 0.25) is 0 Å². The minimum Gasteiger partial charge on any atom is -0.367 e. The highest BCUT2D eigenvalue weighted by molar-refractivity contribution is 5.88. The third kappa shape index (κ3) is 3.66. The SMILES string of the molecule is CCCCC(CCC)Nc1ncnc2ccccc12. The van der Waals surface area contributed by atoms with Crippen LogP contribution in [0.15, 0.2) is 30.6 Å². The zero-order chi connectivity index (χ0) is 13.5. The van der Waals surface area contributed by atoms with Crippen molar-refractivity contribution >= 4 is 16.7 Å². The molecule has 102 valence electrons. The van der Waals surface area contributed by atoms with E-state index < -0.39 is 0 Å². The van der Waals surface area contributed by atoms with Gasteiger partial charge in [-0.1, -0.05) is 45.2 Å². The van der Waals surface area contributed by atoms with E-state index in [-0.39, 0.29) is 0 Å². The number of benzene rings is 1. The summed E-state index contributed by atoms with van der Waals surface area (Å²) in [5.74, 6) is 0.972. The molecule has 0 radical (unpaired) electrons. The number of para-hydroxylation sites is 1. The molecule has 0 aliphatic carbocycles. The molecule has 1 heterocycles. The van der Waals surface area contributed by atoms with Gasteiger partial charge in [0.2, 0.25) is 0 Å². The molecule has 1 unspecified atom stereocenters. The second kappa shape index (κ2) is 7.07. The summed E-state index contributed by atoms with van der Waals surface area (Å²) in [6, 6.07) is 8.68. The van der Waals surface area contributed by atoms with Gasteiger partial charge in [-0.15, -0.1) is 0 Å². The number of nitrogens with zero attached hydrogens (tertiary/aromatic N) is 2. The molecule has 1 atom stereocenters. The number of fused-ring (bicyclic) bond motifs is 1. The Morgan fingerprint density at radius 1 is 1.05 bits per heavy atom. The van der Waals surface area contributed by atoms with Gasteiger partial charge < -0.3 is 5.32 Å². The molecular weight excluding hydrogens is 234 g/mol. The predicted octanol–water partition coefficient (Wildman–Crippen LogP) is 4.40. The van der Waals surface area contributed by atoms with Crippen LogP contribution in [0.25, 0.3) is 10.9 Å². The van der Waals surface area contributed by atoms with Crippen LogP contribution in [-0.4, -0.2) is 16.0 Å². The Labute approximate surface area is 115 Å². The van der Waals surface area contributed by atoms with Crippen molar-refractivity contribution in [1.82, 2.24) is 9.97 Å². The first-order valence-electron chi connectivity index (χ1n) is 7.31. The Morgan fingerprint density at radius 3 is 2.68 bits per heavy atom. The first kappa shape index (κ1) is 13.8. The zero-order valence-electron chi connectivity index (χ0n) is 11.9. The van der Waals surface area contributed by atoms with E-state index in [4.69, 9.17) is 0 Å². The van der Waals surface area contributed by atoms with Gasteiger partial charge in [0.1, 0.15) is 12.1 Å². The standard InChI is InChI=1S/C16H23N3/c1-3-5-9-13(8-4-2)19-16-14-10-6-7-11-15(14)17-12-18-16/h6-7,10-13H,3-5,8-9H2,1-2H3,(H,17,18,19). The number of hydrogen-bond acceptors (Lipinski definition) is 3. The topological polar surface area (TPSA) is 37.8 Å². The number of anilines is 1. The number of hydrogen-bond donors (Lipinski definition) is 1. The second-order valence-electron chi connectivity index (χ2n) is 5.01. The van der Waals surface area contributed by atoms with E-state index in [2.05, 4.69) is 35.2 Å². The highest BCUT2D eigenvalue weighted by atomic mass is 15.0. The van der Waals surface area contributed by atoms with Gasteiger partial charge >= 0.3 is 0 Å². The highest BCUT2D eigenvalue weighted by Gasteiger charge is 2.10. The number of nitrogens with one attached hydrogen (secondary N) is 1. The van der Waals surface area contributed by atoms with Gasteiger partial charge in [0.15, 0.2) is 0 Å². The second-order valence-corrected chi connectivity index (χ2v) is 5.01. The van der Waals surface area contributed by atoms with E-state index in [0.29, 0.717) is 6.04 Å². The molecule has 1 N–H and O–H groups in total. The fourth-order valence-electron chi connectivity index (χ4n) is 2.40. The third-order valence-electron chi connectivity index (χ3n) is 3.43. The van der Waals surface area contributed by atoms with Gasteiger partial charge in [-0.05, 0) is 25.0 Å². The normalized spacial score (nSPS) is 12.5. The molecule has 0 spiro atoms. The number of rotatable bonds is 7. The summed E-state index contributed by atoms with van der Waals surface area (Å²) in [5, 5.41) is 4.72. The van der Waals surface area contributed by atoms with Crippen molar-refractivity contribution < 1.29 is 0 Å². The van der Waals surface area contributed by atoms with Crippen molar-refractivity contribution in [2.45, 2.75) is 52.0 Å². The van der Waals surface area contributed by atoms with Crippen molar-refractivity contribution in [1.29, 1.82) is 0 Å². The van der Waals surface area contributed by atoms with Gasteiger partial charge in [0, 0.05) is 11.4 Å². The molecule has 0 amide bonds. The van der Waals surface area contributed by atoms with Crippen molar-refractivity contribution in [3.05, 3.63) is 30.6 Å². The Kier molecular flexibility index (Phi) is 5.13. The summed E-state index contributed by atoms with van der Waals surface area (Å²) < 4.78 is 0. The van der Waals surface area contributed by atoms with Gasteiger partial charge in [-0.2, -0.15) is 0 Å². The molecular formula is C16H23N3. The average molecular weight is 257 g/mol. The van der Waals surface area contributed by atoms with Crippen LogP contribution >= 0.6 is 0 Å². The molecule has 2 aromatic rings. The van der Waals surface area contributed by atoms with Gasteiger partial charge in [0.05, 0.1) is 5.52 Å². The lowest BCUT2D eigenvalue weighted by atomic mass is 10.0. The summed E-state index contributed by atoms with van der Waals surface area (Å²) >= 11 is 0. The maximum absolute atomic E-state index is 4.41. The predicted molar refractivity (Wildman–Crippen MR) is 81.4 cm³/mol. The smallest absolute Gasteiger partial charge is 0.137 e. The first-order valence-corrected chi connectivity index (χ1v) is 7.31. The van der Waals surface area contributed by atoms with Gasteiger partial charge in [-0.25, -0.2) is 9.97 Å². The maximum Gasteiger partial charge on any atom is 0.137 e. The third-order valence-corrected chi connectivity index (χ3v) is 3.43. The summed E-state index contributed by atoms with van der Waals surface area (Å²) in [6.45, 7) is 4.47. The molecule has 0 saturated heterocycles. The lowest BCUT2D eigenvalue weighted by Crippen LogP contribution is -2.20. The summed E-state index contributed by atoms with van der Waals surface area (Å²) in [4.78, 5) is 8.72. The van der Waals surface area contributed by atoms with E-state index in [0.717, 1.165) is 16.7 Å². The molecule has 3 heteroatoms. The van der Waals surface area contributed by atoms with E-state index in [1.165, 1.54) is 32.1 Å². The molecule has 1 aromatic carbocycles. The van der Waals surface area contributed by atoms with E-state index >= 15 is 0 Å². The molecule has 19 heavy (non-hydrogen) atoms. The van der Waals surface area contributed by atoms with Crippen LogP contribution in [0.5, 0.6) is 0 Å². The van der Waals surface area contributed by atoms with E-state index in [9.17, 15) is 0 Å². The zero-order valence-corrected chi connectivity index (χ0v) is 11.9. The molecule has 0 aliphatic heterocycles. The molecule has 0 bridgehead atoms. The number of unbranched alkanes of at least 4 members (excludes halogenated alkanes) is 1. The lowest BCUT2D eigenvalue weighted by Gasteiger charge is -2.19. The minimum atomic E-state index is 0.517. The molecule has 1 aromatic heterocycles. The maximum atomic E-state index is 4.41. The first-order chi connectivity index (χ1) is 9.35. The van der Waals surface area contributed by atoms with Crippen molar-refractivity contribution in [2.24, 2.45) is 0 Å². The van der Waals surface area contributed by atoms with Gasteiger partial charge in [-0.3, -0.25) is 0 Å². The monoisotopic (exact) mass is 257 g/mol. The van der Waals surface area contributed by atoms with Gasteiger partial charge in [0.25, 0.3) is 0 Å². The van der Waals surface area contributed by atoms with Crippen molar-refractivity contribution in [3.63, 3.8) is 0 Å². The summed E-state index contributed by atoms with van der Waals surface area (Å²) in [5.41, 5.74) is 1.01. The number of aromatic nitrogens is 2. The largest absolute Gasteiger partial charge is 0.367 e. The molecule has 0 saturated carbocycles. The minimum absolute atomic E-state index is 0.517. The van der Waals surface area contributed by atoms with Crippen LogP contribution < -0.4 is 5.32 Å². The Bertz CT molecular complexity index is 505. The van der Waals surface area contributed by atoms with E-state index in [1.807, 2.05) is 18.2 Å². The Morgan fingerprint density at radius 2 is 1.89 bits per heavy atom. The van der Waals surface area contributed by atoms with Crippen LogP contribution in [0.1, 0.15) is 46.0 Å². The summed E-state index contributed by atoms with van der Waals surface area (Å²) in [7, 11) is 0. The fourth-order valence-corrected chi connectivity index (χ4v) is 2.40. The lowest BCUT2D eigenvalue weighted by molar-refractivity contribution is 0.563. The molecule has 2 rings (SSSR count). The van der Waals surface area contributed by atoms with Crippen LogP contribution in [-0.2, 0) is 0 Å². The molecule has 3 nitrogen and oxygen atoms in total. The van der Waals surface area contributed by atoms with Crippen LogP contribution in [0.3, 0.4) is 0 Å². The molecule has 0 aliphatic rings. The van der Waals surface area contributed by atoms with E-state index in [1.54, 1.807) is 6.33 Å². The quantitative estimate of drug-likeness (QED) is 0.798. The average Bonchev–Trinajstić information content (AvgIpc) is 2.45.